The second-order valence-electron chi connectivity index (χ2n) is 8.02. The summed E-state index contributed by atoms with van der Waals surface area (Å²) < 4.78 is 0. The van der Waals surface area contributed by atoms with Crippen molar-refractivity contribution in [1.29, 1.82) is 0 Å². The Labute approximate surface area is 162 Å². The van der Waals surface area contributed by atoms with Crippen LogP contribution < -0.4 is 5.56 Å². The smallest absolute Gasteiger partial charge is 0.272 e. The number of hydrogen-bond donors (Lipinski definition) is 1. The van der Waals surface area contributed by atoms with Gasteiger partial charge in [-0.25, -0.2) is 9.97 Å². The van der Waals surface area contributed by atoms with Crippen LogP contribution in [0.1, 0.15) is 65.6 Å². The van der Waals surface area contributed by atoms with Gasteiger partial charge in [0.25, 0.3) is 11.5 Å². The van der Waals surface area contributed by atoms with Crippen LogP contribution in [0.2, 0.25) is 5.02 Å². The molecule has 140 valence electrons. The zero-order valence-electron chi connectivity index (χ0n) is 15.0. The Balaban J connectivity index is 1.47. The van der Waals surface area contributed by atoms with Crippen LogP contribution in [-0.2, 0) is 11.8 Å². The van der Waals surface area contributed by atoms with Crippen LogP contribution in [0.5, 0.6) is 0 Å². The third kappa shape index (κ3) is 2.87. The number of nitrogens with zero attached hydrogens (tertiary/aromatic N) is 3. The van der Waals surface area contributed by atoms with Gasteiger partial charge in [0.15, 0.2) is 0 Å². The Bertz CT molecular complexity index is 967. The van der Waals surface area contributed by atoms with E-state index < -0.39 is 0 Å². The van der Waals surface area contributed by atoms with Gasteiger partial charge in [-0.2, -0.15) is 0 Å². The summed E-state index contributed by atoms with van der Waals surface area (Å²) in [6, 6.07) is 3.36. The Morgan fingerprint density at radius 2 is 2.15 bits per heavy atom. The third-order valence-corrected chi connectivity index (χ3v) is 6.39. The van der Waals surface area contributed by atoms with E-state index in [4.69, 9.17) is 16.6 Å². The first-order valence-electron chi connectivity index (χ1n) is 9.60. The zero-order chi connectivity index (χ0) is 18.6. The van der Waals surface area contributed by atoms with Crippen molar-refractivity contribution in [2.75, 3.05) is 13.1 Å². The van der Waals surface area contributed by atoms with Crippen molar-refractivity contribution in [1.82, 2.24) is 19.9 Å². The first kappa shape index (κ1) is 16.9. The lowest BCUT2D eigenvalue weighted by atomic mass is 9.77. The van der Waals surface area contributed by atoms with Gasteiger partial charge in [0.2, 0.25) is 0 Å². The van der Waals surface area contributed by atoms with Gasteiger partial charge in [0.1, 0.15) is 11.5 Å². The molecule has 27 heavy (non-hydrogen) atoms. The van der Waals surface area contributed by atoms with Crippen LogP contribution in [0.4, 0.5) is 0 Å². The average Bonchev–Trinajstić information content (AvgIpc) is 3.47. The van der Waals surface area contributed by atoms with E-state index in [2.05, 4.69) is 9.97 Å². The number of rotatable bonds is 2. The van der Waals surface area contributed by atoms with Crippen LogP contribution in [-0.4, -0.2) is 38.8 Å². The fourth-order valence-electron chi connectivity index (χ4n) is 4.59. The number of carbonyl (C=O) groups is 1. The maximum absolute atomic E-state index is 12.9. The summed E-state index contributed by atoms with van der Waals surface area (Å²) in [6.07, 6.45) is 7.20. The number of amides is 1. The highest BCUT2D eigenvalue weighted by atomic mass is 35.5. The Morgan fingerprint density at radius 1 is 1.30 bits per heavy atom. The number of halogens is 1. The normalized spacial score (nSPS) is 24.3. The van der Waals surface area contributed by atoms with Crippen LogP contribution in [0.25, 0.3) is 0 Å². The number of aromatic nitrogens is 3. The van der Waals surface area contributed by atoms with E-state index in [-0.39, 0.29) is 16.9 Å². The standard InChI is InChI=1S/C20H21ClN4O2/c21-13-4-5-15(22-10-13)19(27)25-9-1-7-20(11-25)8-6-14-16(20)23-17(12-2-3-12)24-18(14)26/h4-5,10,12H,1-3,6-9,11H2,(H,23,24,26). The Morgan fingerprint density at radius 3 is 2.89 bits per heavy atom. The summed E-state index contributed by atoms with van der Waals surface area (Å²) >= 11 is 5.89. The van der Waals surface area contributed by atoms with Crippen molar-refractivity contribution < 1.29 is 4.79 Å². The molecule has 5 rings (SSSR count). The molecule has 7 heteroatoms. The van der Waals surface area contributed by atoms with Crippen molar-refractivity contribution in [3.8, 4) is 0 Å². The summed E-state index contributed by atoms with van der Waals surface area (Å²) in [5.41, 5.74) is 1.98. The lowest BCUT2D eigenvalue weighted by molar-refractivity contribution is 0.0627. The van der Waals surface area contributed by atoms with Gasteiger partial charge < -0.3 is 9.88 Å². The molecule has 2 aromatic rings. The molecule has 1 amide bonds. The van der Waals surface area contributed by atoms with Crippen LogP contribution in [0.3, 0.4) is 0 Å². The maximum atomic E-state index is 12.9. The second-order valence-corrected chi connectivity index (χ2v) is 8.46. The Kier molecular flexibility index (Phi) is 3.86. The molecule has 3 heterocycles. The van der Waals surface area contributed by atoms with E-state index in [1.165, 1.54) is 6.20 Å². The second kappa shape index (κ2) is 6.16. The van der Waals surface area contributed by atoms with E-state index in [1.54, 1.807) is 12.1 Å². The molecule has 2 aliphatic carbocycles. The Hall–Kier alpha value is -2.21. The van der Waals surface area contributed by atoms with Gasteiger partial charge in [-0.3, -0.25) is 9.59 Å². The van der Waals surface area contributed by atoms with Crippen LogP contribution >= 0.6 is 11.6 Å². The summed E-state index contributed by atoms with van der Waals surface area (Å²) in [7, 11) is 0. The number of carbonyl (C=O) groups excluding carboxylic acids is 1. The monoisotopic (exact) mass is 384 g/mol. The molecule has 2 aromatic heterocycles. The van der Waals surface area contributed by atoms with Crippen molar-refractivity contribution in [2.45, 2.75) is 49.9 Å². The molecule has 1 N–H and O–H groups in total. The van der Waals surface area contributed by atoms with Crippen LogP contribution in [0, 0.1) is 0 Å². The molecule has 0 radical (unpaired) electrons. The number of piperidine rings is 1. The highest BCUT2D eigenvalue weighted by Gasteiger charge is 2.46. The van der Waals surface area contributed by atoms with E-state index in [9.17, 15) is 9.59 Å². The molecule has 1 saturated heterocycles. The molecule has 0 bridgehead atoms. The molecule has 2 fully saturated rings. The molecule has 1 aliphatic heterocycles. The maximum Gasteiger partial charge on any atom is 0.272 e. The number of H-pyrrole nitrogens is 1. The summed E-state index contributed by atoms with van der Waals surface area (Å²) in [4.78, 5) is 39.4. The van der Waals surface area contributed by atoms with Crippen molar-refractivity contribution >= 4 is 17.5 Å². The van der Waals surface area contributed by atoms with Gasteiger partial charge in [0, 0.05) is 36.2 Å². The third-order valence-electron chi connectivity index (χ3n) is 6.16. The first-order chi connectivity index (χ1) is 13.1. The topological polar surface area (TPSA) is 79.0 Å². The molecule has 1 saturated carbocycles. The quantitative estimate of drug-likeness (QED) is 0.863. The molecule has 1 unspecified atom stereocenters. The van der Waals surface area contributed by atoms with Crippen molar-refractivity contribution in [3.63, 3.8) is 0 Å². The summed E-state index contributed by atoms with van der Waals surface area (Å²) in [6.45, 7) is 1.31. The number of fused-ring (bicyclic) bond motifs is 2. The van der Waals surface area contributed by atoms with Gasteiger partial charge in [0.05, 0.1) is 10.7 Å². The number of pyridine rings is 1. The predicted molar refractivity (Wildman–Crippen MR) is 101 cm³/mol. The predicted octanol–water partition coefficient (Wildman–Crippen LogP) is 2.82. The number of nitrogens with one attached hydrogen (secondary N) is 1. The molecule has 0 aromatic carbocycles. The molecule has 3 aliphatic rings. The fraction of sp³-hybridized carbons (Fsp3) is 0.500. The SMILES string of the molecule is O=C(c1ccc(Cl)cn1)N1CCCC2(CCc3c2nc(C2CC2)[nH]c3=O)C1. The molecular formula is C20H21ClN4O2. The van der Waals surface area contributed by atoms with Crippen molar-refractivity contribution in [2.24, 2.45) is 0 Å². The molecule has 1 spiro atoms. The lowest BCUT2D eigenvalue weighted by Crippen LogP contribution is -2.48. The summed E-state index contributed by atoms with van der Waals surface area (Å²) in [5.74, 6) is 1.16. The minimum absolute atomic E-state index is 0.0154. The summed E-state index contributed by atoms with van der Waals surface area (Å²) in [5, 5.41) is 0.516. The number of hydrogen-bond acceptors (Lipinski definition) is 4. The molecule has 1 atom stereocenters. The van der Waals surface area contributed by atoms with E-state index >= 15 is 0 Å². The van der Waals surface area contributed by atoms with E-state index in [1.807, 2.05) is 4.90 Å². The van der Waals surface area contributed by atoms with Gasteiger partial charge >= 0.3 is 0 Å². The number of aromatic amines is 1. The van der Waals surface area contributed by atoms with Crippen LogP contribution in [0.15, 0.2) is 23.1 Å². The number of likely N-dealkylation sites (tertiary alicyclic amines) is 1. The van der Waals surface area contributed by atoms with Crippen molar-refractivity contribution in [3.05, 3.63) is 56.5 Å². The minimum Gasteiger partial charge on any atom is -0.336 e. The largest absolute Gasteiger partial charge is 0.336 e. The highest BCUT2D eigenvalue weighted by molar-refractivity contribution is 6.30. The van der Waals surface area contributed by atoms with E-state index in [0.717, 1.165) is 55.6 Å². The molecule has 6 nitrogen and oxygen atoms in total. The van der Waals surface area contributed by atoms with Gasteiger partial charge in [-0.1, -0.05) is 11.6 Å². The first-order valence-corrected chi connectivity index (χ1v) is 9.98. The van der Waals surface area contributed by atoms with Gasteiger partial charge in [-0.15, -0.1) is 0 Å². The van der Waals surface area contributed by atoms with E-state index in [0.29, 0.717) is 29.7 Å². The fourth-order valence-corrected chi connectivity index (χ4v) is 4.70. The lowest BCUT2D eigenvalue weighted by Gasteiger charge is -2.40. The minimum atomic E-state index is -0.201. The highest BCUT2D eigenvalue weighted by Crippen LogP contribution is 2.45. The average molecular weight is 385 g/mol. The zero-order valence-corrected chi connectivity index (χ0v) is 15.8. The van der Waals surface area contributed by atoms with Gasteiger partial charge in [-0.05, 0) is 50.7 Å². The molecular weight excluding hydrogens is 364 g/mol.